The molecule has 0 aliphatic rings. The minimum atomic E-state index is -1.70. The van der Waals surface area contributed by atoms with Gasteiger partial charge in [0, 0.05) is 11.5 Å². The predicted molar refractivity (Wildman–Crippen MR) is 50.5 cm³/mol. The summed E-state index contributed by atoms with van der Waals surface area (Å²) in [6, 6.07) is 3.34. The van der Waals surface area contributed by atoms with E-state index in [2.05, 4.69) is 12.2 Å². The van der Waals surface area contributed by atoms with Gasteiger partial charge in [-0.15, -0.1) is 0 Å². The summed E-state index contributed by atoms with van der Waals surface area (Å²) in [5, 5.41) is 17.7. The molecule has 3 nitrogen and oxygen atoms in total. The molecule has 0 spiro atoms. The normalized spacial score (nSPS) is 9.46. The molecule has 0 aliphatic carbocycles. The molecule has 0 saturated heterocycles. The predicted octanol–water partition coefficient (Wildman–Crippen LogP) is -0.159. The van der Waals surface area contributed by atoms with Gasteiger partial charge in [-0.05, 0) is 18.3 Å². The lowest BCUT2D eigenvalue weighted by atomic mass is 9.79. The third kappa shape index (κ3) is 2.48. The highest BCUT2D eigenvalue weighted by atomic mass is 32.1. The minimum Gasteiger partial charge on any atom is -0.454 e. The van der Waals surface area contributed by atoms with E-state index in [4.69, 9.17) is 14.8 Å². The van der Waals surface area contributed by atoms with Crippen LogP contribution in [0.1, 0.15) is 0 Å². The molecule has 0 fully saturated rings. The molecule has 6 heteroatoms. The highest BCUT2D eigenvalue weighted by Gasteiger charge is 2.17. The number of hydrogen-bond donors (Lipinski definition) is 2. The van der Waals surface area contributed by atoms with Crippen molar-refractivity contribution in [3.63, 3.8) is 0 Å². The number of benzene rings is 1. The molecule has 0 bridgehead atoms. The summed E-state index contributed by atoms with van der Waals surface area (Å²) in [6.45, 7) is 0. The Morgan fingerprint density at radius 3 is 2.69 bits per heavy atom. The van der Waals surface area contributed by atoms with Gasteiger partial charge in [0.15, 0.2) is 5.55 Å². The van der Waals surface area contributed by atoms with E-state index in [9.17, 15) is 4.39 Å². The van der Waals surface area contributed by atoms with Gasteiger partial charge in [0.2, 0.25) is 0 Å². The summed E-state index contributed by atoms with van der Waals surface area (Å²) >= 11 is 4.39. The lowest BCUT2D eigenvalue weighted by Crippen LogP contribution is -2.31. The van der Waals surface area contributed by atoms with Crippen LogP contribution in [0.15, 0.2) is 18.2 Å². The smallest absolute Gasteiger partial charge is 0.454 e. The number of hydrogen-bond acceptors (Lipinski definition) is 4. The zero-order valence-corrected chi connectivity index (χ0v) is 7.29. The van der Waals surface area contributed by atoms with Crippen molar-refractivity contribution in [1.29, 1.82) is 0 Å². The zero-order chi connectivity index (χ0) is 9.84. The van der Waals surface area contributed by atoms with Crippen LogP contribution in [0.4, 0.5) is 4.39 Å². The van der Waals surface area contributed by atoms with Gasteiger partial charge in [0.25, 0.3) is 0 Å². The van der Waals surface area contributed by atoms with E-state index in [-0.39, 0.29) is 11.2 Å². The fourth-order valence-electron chi connectivity index (χ4n) is 0.875. The Balaban J connectivity index is 3.10. The first kappa shape index (κ1) is 10.1. The third-order valence-electron chi connectivity index (χ3n) is 1.43. The summed E-state index contributed by atoms with van der Waals surface area (Å²) in [5.41, 5.74) is 0.989. The molecule has 0 radical (unpaired) electrons. The van der Waals surface area contributed by atoms with Crippen molar-refractivity contribution in [2.75, 3.05) is 0 Å². The Bertz CT molecular complexity index is 319. The SMILES string of the molecule is OB(O)c1ccc(F)cc1OC=S. The van der Waals surface area contributed by atoms with Crippen LogP contribution in [0.2, 0.25) is 0 Å². The molecule has 13 heavy (non-hydrogen) atoms. The fraction of sp³-hybridized carbons (Fsp3) is 0. The van der Waals surface area contributed by atoms with Gasteiger partial charge in [-0.3, -0.25) is 0 Å². The summed E-state index contributed by atoms with van der Waals surface area (Å²) < 4.78 is 17.4. The number of ether oxygens (including phenoxy) is 1. The van der Waals surface area contributed by atoms with E-state index in [1.807, 2.05) is 0 Å². The molecule has 0 saturated carbocycles. The monoisotopic (exact) mass is 200 g/mol. The Hall–Kier alpha value is -0.975. The number of halogens is 1. The maximum atomic E-state index is 12.6. The van der Waals surface area contributed by atoms with Crippen molar-refractivity contribution in [2.45, 2.75) is 0 Å². The van der Waals surface area contributed by atoms with Crippen LogP contribution in [-0.4, -0.2) is 22.7 Å². The van der Waals surface area contributed by atoms with Crippen LogP contribution < -0.4 is 10.2 Å². The molecule has 1 aromatic rings. The van der Waals surface area contributed by atoms with E-state index in [1.54, 1.807) is 0 Å². The quantitative estimate of drug-likeness (QED) is 0.525. The largest absolute Gasteiger partial charge is 0.492 e. The molecule has 2 N–H and O–H groups in total. The lowest BCUT2D eigenvalue weighted by molar-refractivity contribution is 0.423. The van der Waals surface area contributed by atoms with E-state index in [0.29, 0.717) is 0 Å². The van der Waals surface area contributed by atoms with Gasteiger partial charge in [0.1, 0.15) is 11.6 Å². The molecule has 0 atom stereocenters. The molecule has 0 aliphatic heterocycles. The van der Waals surface area contributed by atoms with Crippen LogP contribution in [0, 0.1) is 5.82 Å². The van der Waals surface area contributed by atoms with Crippen LogP contribution >= 0.6 is 12.2 Å². The van der Waals surface area contributed by atoms with Crippen molar-refractivity contribution < 1.29 is 19.2 Å². The molecular weight excluding hydrogens is 194 g/mol. The Kier molecular flexibility index (Phi) is 3.35. The highest BCUT2D eigenvalue weighted by Crippen LogP contribution is 2.09. The molecule has 0 amide bonds. The summed E-state index contributed by atoms with van der Waals surface area (Å²) in [5.74, 6) is -0.527. The van der Waals surface area contributed by atoms with E-state index in [1.165, 1.54) is 6.07 Å². The van der Waals surface area contributed by atoms with Crippen molar-refractivity contribution in [2.24, 2.45) is 0 Å². The number of thiocarbonyl (C=S) groups is 1. The minimum absolute atomic E-state index is 0.00463. The second-order valence-corrected chi connectivity index (χ2v) is 2.46. The molecular formula is C7H6BFO3S. The molecule has 0 aromatic heterocycles. The molecule has 1 rings (SSSR count). The first-order valence-corrected chi connectivity index (χ1v) is 3.88. The van der Waals surface area contributed by atoms with Crippen molar-refractivity contribution in [3.05, 3.63) is 24.0 Å². The van der Waals surface area contributed by atoms with Crippen molar-refractivity contribution in [3.8, 4) is 5.75 Å². The Morgan fingerprint density at radius 1 is 1.46 bits per heavy atom. The first-order chi connectivity index (χ1) is 6.15. The van der Waals surface area contributed by atoms with Crippen LogP contribution in [0.3, 0.4) is 0 Å². The zero-order valence-electron chi connectivity index (χ0n) is 6.48. The van der Waals surface area contributed by atoms with Gasteiger partial charge in [-0.25, -0.2) is 4.39 Å². The van der Waals surface area contributed by atoms with Crippen molar-refractivity contribution in [1.82, 2.24) is 0 Å². The first-order valence-electron chi connectivity index (χ1n) is 3.41. The summed E-state index contributed by atoms with van der Waals surface area (Å²) in [6.07, 6.45) is 0. The average molecular weight is 200 g/mol. The van der Waals surface area contributed by atoms with Crippen LogP contribution in [-0.2, 0) is 0 Å². The van der Waals surface area contributed by atoms with Gasteiger partial charge in [0.05, 0.1) is 0 Å². The van der Waals surface area contributed by atoms with Crippen LogP contribution in [0.25, 0.3) is 0 Å². The maximum Gasteiger partial charge on any atom is 0.492 e. The van der Waals surface area contributed by atoms with E-state index in [0.717, 1.165) is 17.7 Å². The molecule has 0 heterocycles. The summed E-state index contributed by atoms with van der Waals surface area (Å²) in [7, 11) is -1.70. The second kappa shape index (κ2) is 4.31. The Labute approximate surface area is 79.9 Å². The van der Waals surface area contributed by atoms with Gasteiger partial charge in [-0.1, -0.05) is 6.07 Å². The van der Waals surface area contributed by atoms with Gasteiger partial charge >= 0.3 is 7.12 Å². The lowest BCUT2D eigenvalue weighted by Gasteiger charge is -2.06. The highest BCUT2D eigenvalue weighted by molar-refractivity contribution is 7.78. The van der Waals surface area contributed by atoms with E-state index >= 15 is 0 Å². The summed E-state index contributed by atoms with van der Waals surface area (Å²) in [4.78, 5) is 0. The number of rotatable bonds is 3. The van der Waals surface area contributed by atoms with Gasteiger partial charge < -0.3 is 14.8 Å². The Morgan fingerprint density at radius 2 is 2.15 bits per heavy atom. The second-order valence-electron chi connectivity index (χ2n) is 2.27. The van der Waals surface area contributed by atoms with Crippen molar-refractivity contribution >= 4 is 30.4 Å². The molecule has 68 valence electrons. The van der Waals surface area contributed by atoms with Gasteiger partial charge in [-0.2, -0.15) is 0 Å². The maximum absolute atomic E-state index is 12.6. The fourth-order valence-corrected chi connectivity index (χ4v) is 0.979. The standard InChI is InChI=1S/C7H6BFO3S/c9-5-1-2-6(8(10)11)7(3-5)12-4-13/h1-4,10-11H. The molecule has 1 aromatic carbocycles. The van der Waals surface area contributed by atoms with E-state index < -0.39 is 12.9 Å². The molecule has 0 unspecified atom stereocenters. The average Bonchev–Trinajstić information content (AvgIpc) is 2.04. The topological polar surface area (TPSA) is 49.7 Å². The van der Waals surface area contributed by atoms with Crippen LogP contribution in [0.5, 0.6) is 5.75 Å². The third-order valence-corrected chi connectivity index (χ3v) is 1.53.